The number of rotatable bonds is 6. The zero-order valence-corrected chi connectivity index (χ0v) is 13.4. The Kier molecular flexibility index (Phi) is 5.39. The molecule has 0 aliphatic carbocycles. The number of hydrogen-bond donors (Lipinski definition) is 1. The number of benzene rings is 2. The molecule has 0 unspecified atom stereocenters. The summed E-state index contributed by atoms with van der Waals surface area (Å²) in [5.41, 5.74) is 1.23. The van der Waals surface area contributed by atoms with E-state index in [1.165, 1.54) is 31.4 Å². The Labute approximate surface area is 133 Å². The van der Waals surface area contributed by atoms with Crippen LogP contribution < -0.4 is 9.46 Å². The average Bonchev–Trinajstić information content (AvgIpc) is 2.48. The fraction of sp³-hybridized carbons (Fsp3) is 0.200. The first-order chi connectivity index (χ1) is 10.4. The van der Waals surface area contributed by atoms with Gasteiger partial charge in [-0.25, -0.2) is 17.5 Å². The summed E-state index contributed by atoms with van der Waals surface area (Å²) >= 11 is 5.99. The summed E-state index contributed by atoms with van der Waals surface area (Å²) in [6.07, 6.45) is 0. The van der Waals surface area contributed by atoms with Gasteiger partial charge in [-0.2, -0.15) is 0 Å². The SMILES string of the molecule is COc1ccc(CNS(=O)(=O)Cc2ccc(F)cc2)cc1Cl. The van der Waals surface area contributed by atoms with E-state index < -0.39 is 15.8 Å². The molecule has 0 atom stereocenters. The van der Waals surface area contributed by atoms with Crippen LogP contribution in [-0.4, -0.2) is 15.5 Å². The minimum atomic E-state index is -3.52. The minimum Gasteiger partial charge on any atom is -0.495 e. The molecule has 0 spiro atoms. The Morgan fingerprint density at radius 1 is 1.14 bits per heavy atom. The molecule has 1 N–H and O–H groups in total. The van der Waals surface area contributed by atoms with Crippen molar-refractivity contribution in [2.45, 2.75) is 12.3 Å². The van der Waals surface area contributed by atoms with Crippen LogP contribution in [0.25, 0.3) is 0 Å². The maximum absolute atomic E-state index is 12.8. The molecule has 0 amide bonds. The van der Waals surface area contributed by atoms with Gasteiger partial charge in [0.2, 0.25) is 10.0 Å². The van der Waals surface area contributed by atoms with Gasteiger partial charge in [0.1, 0.15) is 11.6 Å². The molecule has 0 saturated heterocycles. The highest BCUT2D eigenvalue weighted by atomic mass is 35.5. The van der Waals surface area contributed by atoms with Crippen LogP contribution in [0, 0.1) is 5.82 Å². The van der Waals surface area contributed by atoms with Gasteiger partial charge in [-0.1, -0.05) is 29.8 Å². The summed E-state index contributed by atoms with van der Waals surface area (Å²) < 4.78 is 44.3. The first-order valence-corrected chi connectivity index (χ1v) is 8.47. The second-order valence-electron chi connectivity index (χ2n) is 4.68. The molecule has 0 aliphatic heterocycles. The molecule has 0 heterocycles. The molecule has 0 radical (unpaired) electrons. The molecule has 0 saturated carbocycles. The van der Waals surface area contributed by atoms with Gasteiger partial charge in [0.05, 0.1) is 17.9 Å². The Balaban J connectivity index is 2.00. The van der Waals surface area contributed by atoms with Crippen LogP contribution in [-0.2, 0) is 22.3 Å². The summed E-state index contributed by atoms with van der Waals surface area (Å²) in [7, 11) is -2.01. The third-order valence-electron chi connectivity index (χ3n) is 2.98. The number of methoxy groups -OCH3 is 1. The van der Waals surface area contributed by atoms with E-state index in [4.69, 9.17) is 16.3 Å². The Bertz CT molecular complexity index is 748. The third kappa shape index (κ3) is 4.69. The lowest BCUT2D eigenvalue weighted by Gasteiger charge is -2.09. The lowest BCUT2D eigenvalue weighted by molar-refractivity contribution is 0.415. The van der Waals surface area contributed by atoms with Crippen molar-refractivity contribution >= 4 is 21.6 Å². The molecule has 0 aliphatic rings. The van der Waals surface area contributed by atoms with E-state index >= 15 is 0 Å². The van der Waals surface area contributed by atoms with Gasteiger partial charge < -0.3 is 4.74 Å². The van der Waals surface area contributed by atoms with E-state index in [0.717, 1.165) is 0 Å². The maximum Gasteiger partial charge on any atom is 0.216 e. The van der Waals surface area contributed by atoms with Gasteiger partial charge in [0.25, 0.3) is 0 Å². The van der Waals surface area contributed by atoms with Crippen molar-refractivity contribution in [2.24, 2.45) is 0 Å². The lowest BCUT2D eigenvalue weighted by atomic mass is 10.2. The standard InChI is InChI=1S/C15H15ClFNO3S/c1-21-15-7-4-12(8-14(15)16)9-18-22(19,20)10-11-2-5-13(17)6-3-11/h2-8,18H,9-10H2,1H3. The van der Waals surface area contributed by atoms with E-state index in [1.54, 1.807) is 18.2 Å². The van der Waals surface area contributed by atoms with Gasteiger partial charge >= 0.3 is 0 Å². The van der Waals surface area contributed by atoms with Crippen molar-refractivity contribution in [3.8, 4) is 5.75 Å². The van der Waals surface area contributed by atoms with Crippen molar-refractivity contribution in [3.63, 3.8) is 0 Å². The van der Waals surface area contributed by atoms with E-state index in [2.05, 4.69) is 4.72 Å². The van der Waals surface area contributed by atoms with Crippen molar-refractivity contribution in [1.82, 2.24) is 4.72 Å². The topological polar surface area (TPSA) is 55.4 Å². The van der Waals surface area contributed by atoms with Crippen LogP contribution in [0.2, 0.25) is 5.02 Å². The van der Waals surface area contributed by atoms with Gasteiger partial charge in [-0.05, 0) is 35.4 Å². The van der Waals surface area contributed by atoms with Gasteiger partial charge in [-0.15, -0.1) is 0 Å². The maximum atomic E-state index is 12.8. The number of hydrogen-bond acceptors (Lipinski definition) is 3. The van der Waals surface area contributed by atoms with Crippen LogP contribution in [0.5, 0.6) is 5.75 Å². The fourth-order valence-electron chi connectivity index (χ4n) is 1.86. The average molecular weight is 344 g/mol. The highest BCUT2D eigenvalue weighted by Crippen LogP contribution is 2.24. The Morgan fingerprint density at radius 2 is 1.77 bits per heavy atom. The molecule has 7 heteroatoms. The van der Waals surface area contributed by atoms with Crippen LogP contribution >= 0.6 is 11.6 Å². The Morgan fingerprint density at radius 3 is 2.36 bits per heavy atom. The molecule has 0 aromatic heterocycles. The van der Waals surface area contributed by atoms with E-state index in [-0.39, 0.29) is 12.3 Å². The number of halogens is 2. The number of ether oxygens (including phenoxy) is 1. The monoisotopic (exact) mass is 343 g/mol. The molecular formula is C15H15ClFNO3S. The molecule has 2 aromatic rings. The van der Waals surface area contributed by atoms with Gasteiger partial charge in [-0.3, -0.25) is 0 Å². The predicted molar refractivity (Wildman–Crippen MR) is 83.9 cm³/mol. The molecule has 22 heavy (non-hydrogen) atoms. The van der Waals surface area contributed by atoms with Crippen molar-refractivity contribution in [3.05, 3.63) is 64.4 Å². The lowest BCUT2D eigenvalue weighted by Crippen LogP contribution is -2.24. The molecule has 0 bridgehead atoms. The largest absolute Gasteiger partial charge is 0.495 e. The smallest absolute Gasteiger partial charge is 0.216 e. The van der Waals surface area contributed by atoms with Gasteiger partial charge in [0, 0.05) is 6.54 Å². The summed E-state index contributed by atoms with van der Waals surface area (Å²) in [6, 6.07) is 10.4. The molecule has 118 valence electrons. The quantitative estimate of drug-likeness (QED) is 0.876. The zero-order valence-electron chi connectivity index (χ0n) is 11.8. The minimum absolute atomic E-state index is 0.118. The first-order valence-electron chi connectivity index (χ1n) is 6.44. The number of nitrogens with one attached hydrogen (secondary N) is 1. The first kappa shape index (κ1) is 16.7. The molecule has 4 nitrogen and oxygen atoms in total. The molecule has 2 aromatic carbocycles. The van der Waals surface area contributed by atoms with Crippen molar-refractivity contribution in [2.75, 3.05) is 7.11 Å². The molecule has 2 rings (SSSR count). The summed E-state index contributed by atoms with van der Waals surface area (Å²) in [5.74, 6) is -0.0847. The van der Waals surface area contributed by atoms with Crippen LogP contribution in [0.3, 0.4) is 0 Å². The second-order valence-corrected chi connectivity index (χ2v) is 6.89. The third-order valence-corrected chi connectivity index (χ3v) is 4.58. The van der Waals surface area contributed by atoms with Crippen molar-refractivity contribution < 1.29 is 17.5 Å². The van der Waals surface area contributed by atoms with Crippen LogP contribution in [0.15, 0.2) is 42.5 Å². The fourth-order valence-corrected chi connectivity index (χ4v) is 3.26. The second kappa shape index (κ2) is 7.09. The van der Waals surface area contributed by atoms with Crippen molar-refractivity contribution in [1.29, 1.82) is 0 Å². The number of sulfonamides is 1. The van der Waals surface area contributed by atoms with E-state index in [9.17, 15) is 12.8 Å². The molecule has 0 fully saturated rings. The summed E-state index contributed by atoms with van der Waals surface area (Å²) in [5, 5.41) is 0.415. The van der Waals surface area contributed by atoms with E-state index in [0.29, 0.717) is 21.9 Å². The highest BCUT2D eigenvalue weighted by Gasteiger charge is 2.12. The van der Waals surface area contributed by atoms with Gasteiger partial charge in [0.15, 0.2) is 0 Å². The highest BCUT2D eigenvalue weighted by molar-refractivity contribution is 7.88. The van der Waals surface area contributed by atoms with Crippen LogP contribution in [0.4, 0.5) is 4.39 Å². The molecular weight excluding hydrogens is 329 g/mol. The predicted octanol–water partition coefficient (Wildman–Crippen LogP) is 3.11. The normalized spacial score (nSPS) is 11.4. The van der Waals surface area contributed by atoms with Crippen LogP contribution in [0.1, 0.15) is 11.1 Å². The summed E-state index contributed by atoms with van der Waals surface area (Å²) in [4.78, 5) is 0. The summed E-state index contributed by atoms with van der Waals surface area (Å²) in [6.45, 7) is 0.118. The van der Waals surface area contributed by atoms with E-state index in [1.807, 2.05) is 0 Å². The zero-order chi connectivity index (χ0) is 16.2. The Hall–Kier alpha value is -1.63.